The van der Waals surface area contributed by atoms with Gasteiger partial charge in [0.15, 0.2) is 5.82 Å². The monoisotopic (exact) mass is 403 g/mol. The lowest BCUT2D eigenvalue weighted by molar-refractivity contribution is 0.343. The van der Waals surface area contributed by atoms with Gasteiger partial charge in [0.05, 0.1) is 24.0 Å². The highest BCUT2D eigenvalue weighted by atomic mass is 19.1. The molecule has 152 valence electrons. The molecule has 4 aromatic rings. The molecule has 0 saturated carbocycles. The number of nitrogens with one attached hydrogen (secondary N) is 1. The van der Waals surface area contributed by atoms with Gasteiger partial charge in [-0.05, 0) is 32.0 Å². The number of aryl methyl sites for hydroxylation is 1. The van der Waals surface area contributed by atoms with E-state index in [9.17, 15) is 0 Å². The molecule has 0 amide bonds. The summed E-state index contributed by atoms with van der Waals surface area (Å²) in [5.41, 5.74) is 3.40. The SMILES string of the molecule is Cn1cc(-c2cccc(-c3ncc(-c4cnn(C5CCNCC5)c4)cn3)c2F)cn1. The Hall–Kier alpha value is -3.39. The summed E-state index contributed by atoms with van der Waals surface area (Å²) in [7, 11) is 1.81. The number of hydrogen-bond donors (Lipinski definition) is 1. The molecule has 4 heterocycles. The molecule has 8 heteroatoms. The second-order valence-electron chi connectivity index (χ2n) is 7.56. The fourth-order valence-electron chi connectivity index (χ4n) is 3.86. The second kappa shape index (κ2) is 7.79. The number of halogens is 1. The molecule has 5 rings (SSSR count). The molecule has 7 nitrogen and oxygen atoms in total. The van der Waals surface area contributed by atoms with Crippen molar-refractivity contribution in [2.24, 2.45) is 7.05 Å². The van der Waals surface area contributed by atoms with E-state index in [0.717, 1.165) is 42.6 Å². The van der Waals surface area contributed by atoms with E-state index in [1.807, 2.05) is 17.1 Å². The summed E-state index contributed by atoms with van der Waals surface area (Å²) in [4.78, 5) is 8.86. The highest BCUT2D eigenvalue weighted by Gasteiger charge is 2.17. The molecule has 30 heavy (non-hydrogen) atoms. The minimum Gasteiger partial charge on any atom is -0.317 e. The quantitative estimate of drug-likeness (QED) is 0.565. The van der Waals surface area contributed by atoms with Crippen LogP contribution < -0.4 is 5.32 Å². The Balaban J connectivity index is 1.41. The molecule has 0 atom stereocenters. The van der Waals surface area contributed by atoms with Crippen molar-refractivity contribution < 1.29 is 4.39 Å². The first-order chi connectivity index (χ1) is 14.7. The maximum Gasteiger partial charge on any atom is 0.162 e. The van der Waals surface area contributed by atoms with Crippen LogP contribution in [0.25, 0.3) is 33.6 Å². The van der Waals surface area contributed by atoms with E-state index < -0.39 is 0 Å². The Morgan fingerprint density at radius 1 is 0.900 bits per heavy atom. The van der Waals surface area contributed by atoms with Gasteiger partial charge >= 0.3 is 0 Å². The molecule has 0 radical (unpaired) electrons. The molecule has 1 saturated heterocycles. The van der Waals surface area contributed by atoms with Crippen molar-refractivity contribution in [1.29, 1.82) is 0 Å². The third-order valence-corrected chi connectivity index (χ3v) is 5.52. The molecular weight excluding hydrogens is 381 g/mol. The Morgan fingerprint density at radius 2 is 1.63 bits per heavy atom. The van der Waals surface area contributed by atoms with Crippen LogP contribution >= 0.6 is 0 Å². The van der Waals surface area contributed by atoms with Crippen LogP contribution in [0.1, 0.15) is 18.9 Å². The van der Waals surface area contributed by atoms with Gasteiger partial charge in [-0.1, -0.05) is 12.1 Å². The number of piperidine rings is 1. The Kier molecular flexibility index (Phi) is 4.84. The molecule has 1 aromatic carbocycles. The van der Waals surface area contributed by atoms with Gasteiger partial charge in [-0.3, -0.25) is 9.36 Å². The number of aromatic nitrogens is 6. The van der Waals surface area contributed by atoms with Crippen molar-refractivity contribution in [3.05, 3.63) is 61.2 Å². The van der Waals surface area contributed by atoms with Gasteiger partial charge in [-0.2, -0.15) is 10.2 Å². The van der Waals surface area contributed by atoms with E-state index in [0.29, 0.717) is 23.0 Å². The van der Waals surface area contributed by atoms with E-state index in [2.05, 4.69) is 25.5 Å². The van der Waals surface area contributed by atoms with E-state index in [1.54, 1.807) is 54.7 Å². The first kappa shape index (κ1) is 18.6. The predicted octanol–water partition coefficient (Wildman–Crippen LogP) is 3.47. The summed E-state index contributed by atoms with van der Waals surface area (Å²) in [6, 6.07) is 5.66. The first-order valence-electron chi connectivity index (χ1n) is 10.0. The molecule has 1 aliphatic heterocycles. The zero-order valence-corrected chi connectivity index (χ0v) is 16.7. The molecular formula is C22H22FN7. The highest BCUT2D eigenvalue weighted by molar-refractivity contribution is 5.71. The number of hydrogen-bond acceptors (Lipinski definition) is 5. The zero-order chi connectivity index (χ0) is 20.5. The summed E-state index contributed by atoms with van der Waals surface area (Å²) in [6.45, 7) is 2.03. The van der Waals surface area contributed by atoms with E-state index in [1.165, 1.54) is 0 Å². The van der Waals surface area contributed by atoms with Gasteiger partial charge in [-0.25, -0.2) is 14.4 Å². The fraction of sp³-hybridized carbons (Fsp3) is 0.273. The van der Waals surface area contributed by atoms with E-state index >= 15 is 4.39 Å². The number of nitrogens with zero attached hydrogens (tertiary/aromatic N) is 6. The Morgan fingerprint density at radius 3 is 2.37 bits per heavy atom. The fourth-order valence-corrected chi connectivity index (χ4v) is 3.86. The zero-order valence-electron chi connectivity index (χ0n) is 16.7. The molecule has 0 spiro atoms. The van der Waals surface area contributed by atoms with Crippen molar-refractivity contribution in [1.82, 2.24) is 34.8 Å². The lowest BCUT2D eigenvalue weighted by atomic mass is 10.0. The van der Waals surface area contributed by atoms with Crippen LogP contribution in [0.4, 0.5) is 4.39 Å². The molecule has 0 unspecified atom stereocenters. The number of benzene rings is 1. The Labute approximate surface area is 173 Å². The lowest BCUT2D eigenvalue weighted by Crippen LogP contribution is -2.29. The van der Waals surface area contributed by atoms with Crippen molar-refractivity contribution in [3.8, 4) is 33.6 Å². The average molecular weight is 403 g/mol. The van der Waals surface area contributed by atoms with Gasteiger partial charge < -0.3 is 5.32 Å². The largest absolute Gasteiger partial charge is 0.317 e. The van der Waals surface area contributed by atoms with Crippen molar-refractivity contribution in [2.75, 3.05) is 13.1 Å². The van der Waals surface area contributed by atoms with Crippen LogP contribution in [0.2, 0.25) is 0 Å². The van der Waals surface area contributed by atoms with E-state index in [-0.39, 0.29) is 5.82 Å². The highest BCUT2D eigenvalue weighted by Crippen LogP contribution is 2.30. The summed E-state index contributed by atoms with van der Waals surface area (Å²) < 4.78 is 18.8. The third-order valence-electron chi connectivity index (χ3n) is 5.52. The van der Waals surface area contributed by atoms with Gasteiger partial charge in [0.25, 0.3) is 0 Å². The van der Waals surface area contributed by atoms with Crippen LogP contribution in [-0.4, -0.2) is 42.6 Å². The normalized spacial score (nSPS) is 14.9. The average Bonchev–Trinajstić information content (AvgIpc) is 3.44. The van der Waals surface area contributed by atoms with Gasteiger partial charge in [0.1, 0.15) is 5.82 Å². The van der Waals surface area contributed by atoms with Crippen LogP contribution in [0, 0.1) is 5.82 Å². The van der Waals surface area contributed by atoms with Gasteiger partial charge in [0, 0.05) is 54.1 Å². The molecule has 1 aliphatic rings. The van der Waals surface area contributed by atoms with Gasteiger partial charge in [0.2, 0.25) is 0 Å². The van der Waals surface area contributed by atoms with E-state index in [4.69, 9.17) is 0 Å². The first-order valence-corrected chi connectivity index (χ1v) is 10.0. The predicted molar refractivity (Wildman–Crippen MR) is 112 cm³/mol. The summed E-state index contributed by atoms with van der Waals surface area (Å²) in [5.74, 6) is 0.00437. The number of rotatable bonds is 4. The minimum atomic E-state index is -0.350. The summed E-state index contributed by atoms with van der Waals surface area (Å²) in [5, 5.41) is 12.0. The maximum atomic E-state index is 15.2. The molecule has 0 aliphatic carbocycles. The smallest absolute Gasteiger partial charge is 0.162 e. The summed E-state index contributed by atoms with van der Waals surface area (Å²) >= 11 is 0. The van der Waals surface area contributed by atoms with Crippen molar-refractivity contribution in [2.45, 2.75) is 18.9 Å². The molecule has 1 fully saturated rings. The molecule has 1 N–H and O–H groups in total. The van der Waals surface area contributed by atoms with Crippen LogP contribution in [0.3, 0.4) is 0 Å². The molecule has 0 bridgehead atoms. The van der Waals surface area contributed by atoms with Crippen LogP contribution in [0.15, 0.2) is 55.4 Å². The van der Waals surface area contributed by atoms with Crippen LogP contribution in [-0.2, 0) is 7.05 Å². The van der Waals surface area contributed by atoms with Crippen molar-refractivity contribution >= 4 is 0 Å². The second-order valence-corrected chi connectivity index (χ2v) is 7.56. The molecule has 3 aromatic heterocycles. The van der Waals surface area contributed by atoms with Crippen molar-refractivity contribution in [3.63, 3.8) is 0 Å². The third kappa shape index (κ3) is 3.50. The Bertz CT molecular complexity index is 1160. The lowest BCUT2D eigenvalue weighted by Gasteiger charge is -2.22. The minimum absolute atomic E-state index is 0.350. The summed E-state index contributed by atoms with van der Waals surface area (Å²) in [6.07, 6.45) is 12.9. The van der Waals surface area contributed by atoms with Crippen LogP contribution in [0.5, 0.6) is 0 Å². The maximum absolute atomic E-state index is 15.2. The topological polar surface area (TPSA) is 73.5 Å². The van der Waals surface area contributed by atoms with Gasteiger partial charge in [-0.15, -0.1) is 0 Å². The standard InChI is InChI=1S/C22H22FN7/c1-29-13-17(12-27-29)19-3-2-4-20(21(19)23)22-25-9-15(10-26-22)16-11-28-30(14-16)18-5-7-24-8-6-18/h2-4,9-14,18,24H,5-8H2,1H3.